The van der Waals surface area contributed by atoms with Crippen LogP contribution in [-0.4, -0.2) is 63.3 Å². The number of nitrogens with one attached hydrogen (secondary N) is 1. The highest BCUT2D eigenvalue weighted by Gasteiger charge is 2.21. The summed E-state index contributed by atoms with van der Waals surface area (Å²) < 4.78 is 5.72. The Labute approximate surface area is 145 Å². The lowest BCUT2D eigenvalue weighted by Gasteiger charge is -2.22. The van der Waals surface area contributed by atoms with Gasteiger partial charge in [0.2, 0.25) is 0 Å². The Kier molecular flexibility index (Phi) is 7.31. The van der Waals surface area contributed by atoms with Gasteiger partial charge in [-0.3, -0.25) is 0 Å². The van der Waals surface area contributed by atoms with Crippen molar-refractivity contribution < 1.29 is 4.74 Å². The summed E-state index contributed by atoms with van der Waals surface area (Å²) in [5, 5.41) is 3.35. The fraction of sp³-hybridized carbons (Fsp3) is 0.667. The summed E-state index contributed by atoms with van der Waals surface area (Å²) in [6.07, 6.45) is 4.50. The molecule has 0 bridgehead atoms. The number of likely N-dealkylation sites (N-methyl/N-ethyl adjacent to an activating group) is 1. The van der Waals surface area contributed by atoms with E-state index in [1.54, 1.807) is 0 Å². The van der Waals surface area contributed by atoms with Gasteiger partial charge in [-0.25, -0.2) is 9.98 Å². The first-order valence-electron chi connectivity index (χ1n) is 8.79. The molecule has 6 heteroatoms. The Bertz CT molecular complexity index is 528. The van der Waals surface area contributed by atoms with Gasteiger partial charge in [0.05, 0.1) is 13.2 Å². The van der Waals surface area contributed by atoms with Gasteiger partial charge < -0.3 is 19.9 Å². The van der Waals surface area contributed by atoms with Crippen LogP contribution in [0.2, 0.25) is 0 Å². The van der Waals surface area contributed by atoms with Crippen LogP contribution < -0.4 is 10.2 Å². The minimum Gasteiger partial charge on any atom is -0.379 e. The molecule has 134 valence electrons. The van der Waals surface area contributed by atoms with Gasteiger partial charge in [-0.15, -0.1) is 0 Å². The van der Waals surface area contributed by atoms with Gasteiger partial charge >= 0.3 is 0 Å². The topological polar surface area (TPSA) is 53.0 Å². The summed E-state index contributed by atoms with van der Waals surface area (Å²) in [6.45, 7) is 6.08. The maximum Gasteiger partial charge on any atom is 0.194 e. The molecule has 0 atom stereocenters. The molecule has 2 rings (SSSR count). The lowest BCUT2D eigenvalue weighted by Crippen LogP contribution is -2.40. The molecule has 1 fully saturated rings. The molecule has 0 aromatic carbocycles. The van der Waals surface area contributed by atoms with Crippen LogP contribution in [0.4, 0.5) is 5.82 Å². The van der Waals surface area contributed by atoms with Crippen LogP contribution in [-0.2, 0) is 11.3 Å². The van der Waals surface area contributed by atoms with E-state index in [1.807, 2.05) is 31.3 Å². The molecular weight excluding hydrogens is 302 g/mol. The molecule has 1 aliphatic carbocycles. The number of pyridine rings is 1. The van der Waals surface area contributed by atoms with E-state index in [1.165, 1.54) is 12.8 Å². The molecule has 0 saturated heterocycles. The van der Waals surface area contributed by atoms with Gasteiger partial charge in [0.1, 0.15) is 5.82 Å². The Morgan fingerprint density at radius 2 is 2.17 bits per heavy atom. The maximum absolute atomic E-state index is 5.72. The van der Waals surface area contributed by atoms with Crippen molar-refractivity contribution in [3.63, 3.8) is 0 Å². The van der Waals surface area contributed by atoms with Crippen molar-refractivity contribution in [3.05, 3.63) is 23.9 Å². The number of nitrogens with zero attached hydrogens (tertiary/aromatic N) is 4. The molecule has 1 aromatic rings. The van der Waals surface area contributed by atoms with E-state index in [-0.39, 0.29) is 0 Å². The molecule has 0 aliphatic heterocycles. The zero-order chi connectivity index (χ0) is 17.4. The molecule has 0 amide bonds. The number of aliphatic imine (C=N–C) groups is 1. The Balaban J connectivity index is 1.87. The van der Waals surface area contributed by atoms with E-state index in [0.717, 1.165) is 49.6 Å². The standard InChI is InChI=1S/C18H31N5O/c1-5-19-18(23(4)10-11-24-14-15-6-7-15)21-13-16-8-9-20-17(12-16)22(2)3/h8-9,12,15H,5-7,10-11,13-14H2,1-4H3,(H,19,21). The molecule has 1 aliphatic rings. The van der Waals surface area contributed by atoms with Crippen molar-refractivity contribution in [1.29, 1.82) is 0 Å². The van der Waals surface area contributed by atoms with Crippen LogP contribution in [0, 0.1) is 5.92 Å². The summed E-state index contributed by atoms with van der Waals surface area (Å²) in [5.41, 5.74) is 1.16. The molecule has 0 radical (unpaired) electrons. The van der Waals surface area contributed by atoms with E-state index in [9.17, 15) is 0 Å². The highest BCUT2D eigenvalue weighted by atomic mass is 16.5. The van der Waals surface area contributed by atoms with Crippen molar-refractivity contribution in [2.24, 2.45) is 10.9 Å². The van der Waals surface area contributed by atoms with Crippen LogP contribution in [0.3, 0.4) is 0 Å². The molecule has 6 nitrogen and oxygen atoms in total. The monoisotopic (exact) mass is 333 g/mol. The van der Waals surface area contributed by atoms with Crippen molar-refractivity contribution in [2.75, 3.05) is 52.3 Å². The lowest BCUT2D eigenvalue weighted by atomic mass is 10.2. The van der Waals surface area contributed by atoms with Gasteiger partial charge in [0, 0.05) is 47.0 Å². The Hall–Kier alpha value is -1.82. The molecule has 1 N–H and O–H groups in total. The van der Waals surface area contributed by atoms with E-state index in [2.05, 4.69) is 35.2 Å². The fourth-order valence-electron chi connectivity index (χ4n) is 2.28. The number of anilines is 1. The van der Waals surface area contributed by atoms with Gasteiger partial charge in [0.25, 0.3) is 0 Å². The highest BCUT2D eigenvalue weighted by molar-refractivity contribution is 5.79. The Morgan fingerprint density at radius 3 is 2.83 bits per heavy atom. The van der Waals surface area contributed by atoms with Gasteiger partial charge in [-0.1, -0.05) is 0 Å². The molecule has 1 heterocycles. The third kappa shape index (κ3) is 6.35. The van der Waals surface area contributed by atoms with Crippen LogP contribution in [0.15, 0.2) is 23.3 Å². The number of hydrogen-bond acceptors (Lipinski definition) is 4. The second-order valence-corrected chi connectivity index (χ2v) is 6.53. The highest BCUT2D eigenvalue weighted by Crippen LogP contribution is 2.28. The van der Waals surface area contributed by atoms with Crippen molar-refractivity contribution in [2.45, 2.75) is 26.3 Å². The number of hydrogen-bond donors (Lipinski definition) is 1. The van der Waals surface area contributed by atoms with Crippen molar-refractivity contribution in [3.8, 4) is 0 Å². The van der Waals surface area contributed by atoms with E-state index in [4.69, 9.17) is 9.73 Å². The molecular formula is C18H31N5O. The number of rotatable bonds is 9. The van der Waals surface area contributed by atoms with E-state index in [0.29, 0.717) is 6.54 Å². The number of guanidine groups is 1. The maximum atomic E-state index is 5.72. The second-order valence-electron chi connectivity index (χ2n) is 6.53. The molecule has 0 unspecified atom stereocenters. The quantitative estimate of drug-likeness (QED) is 0.425. The first-order chi connectivity index (χ1) is 11.6. The zero-order valence-corrected chi connectivity index (χ0v) is 15.5. The fourth-order valence-corrected chi connectivity index (χ4v) is 2.28. The van der Waals surface area contributed by atoms with Crippen molar-refractivity contribution in [1.82, 2.24) is 15.2 Å². The molecule has 24 heavy (non-hydrogen) atoms. The van der Waals surface area contributed by atoms with Gasteiger partial charge in [-0.05, 0) is 43.4 Å². The normalized spacial score (nSPS) is 14.6. The van der Waals surface area contributed by atoms with E-state index >= 15 is 0 Å². The summed E-state index contributed by atoms with van der Waals surface area (Å²) in [4.78, 5) is 13.2. The average Bonchev–Trinajstić information content (AvgIpc) is 3.39. The van der Waals surface area contributed by atoms with Crippen LogP contribution >= 0.6 is 0 Å². The summed E-state index contributed by atoms with van der Waals surface area (Å²) in [5.74, 6) is 2.68. The predicted octanol–water partition coefficient (Wildman–Crippen LogP) is 1.97. The third-order valence-corrected chi connectivity index (χ3v) is 4.00. The zero-order valence-electron chi connectivity index (χ0n) is 15.5. The van der Waals surface area contributed by atoms with Gasteiger partial charge in [-0.2, -0.15) is 0 Å². The Morgan fingerprint density at radius 1 is 1.38 bits per heavy atom. The molecule has 0 spiro atoms. The SMILES string of the molecule is CCNC(=NCc1ccnc(N(C)C)c1)N(C)CCOCC1CC1. The van der Waals surface area contributed by atoms with Crippen LogP contribution in [0.5, 0.6) is 0 Å². The summed E-state index contributed by atoms with van der Waals surface area (Å²) in [7, 11) is 6.05. The van der Waals surface area contributed by atoms with Crippen LogP contribution in [0.1, 0.15) is 25.3 Å². The minimum absolute atomic E-state index is 0.638. The third-order valence-electron chi connectivity index (χ3n) is 4.00. The largest absolute Gasteiger partial charge is 0.379 e. The second kappa shape index (κ2) is 9.47. The van der Waals surface area contributed by atoms with Crippen molar-refractivity contribution >= 4 is 11.8 Å². The predicted molar refractivity (Wildman–Crippen MR) is 99.6 cm³/mol. The van der Waals surface area contributed by atoms with Crippen LogP contribution in [0.25, 0.3) is 0 Å². The average molecular weight is 333 g/mol. The smallest absolute Gasteiger partial charge is 0.194 e. The van der Waals surface area contributed by atoms with Gasteiger partial charge in [0.15, 0.2) is 5.96 Å². The molecule has 1 aromatic heterocycles. The molecule has 1 saturated carbocycles. The number of aromatic nitrogens is 1. The first kappa shape index (κ1) is 18.5. The van der Waals surface area contributed by atoms with E-state index < -0.39 is 0 Å². The minimum atomic E-state index is 0.638. The first-order valence-corrected chi connectivity index (χ1v) is 8.79. The number of ether oxygens (including phenoxy) is 1. The summed E-state index contributed by atoms with van der Waals surface area (Å²) >= 11 is 0. The summed E-state index contributed by atoms with van der Waals surface area (Å²) in [6, 6.07) is 4.09. The lowest BCUT2D eigenvalue weighted by molar-refractivity contribution is 0.115.